The largest absolute Gasteiger partial charge is 0.485 e. The van der Waals surface area contributed by atoms with Crippen molar-refractivity contribution in [3.05, 3.63) is 11.5 Å². The SMILES string of the molecule is CCCCCC(OCC(F)(F)F)=C(C)OCC(F)(F)F. The highest BCUT2D eigenvalue weighted by molar-refractivity contribution is 4.99. The normalized spacial score (nSPS) is 14.0. The maximum absolute atomic E-state index is 12.1. The minimum absolute atomic E-state index is 0.119. The van der Waals surface area contributed by atoms with Crippen LogP contribution in [0.15, 0.2) is 11.5 Å². The highest BCUT2D eigenvalue weighted by atomic mass is 19.4. The Morgan fingerprint density at radius 1 is 0.850 bits per heavy atom. The fourth-order valence-corrected chi connectivity index (χ4v) is 1.32. The number of unbranched alkanes of at least 4 members (excludes halogenated alkanes) is 2. The lowest BCUT2D eigenvalue weighted by molar-refractivity contribution is -0.172. The zero-order valence-electron chi connectivity index (χ0n) is 11.3. The minimum Gasteiger partial charge on any atom is -0.485 e. The number of rotatable bonds is 8. The maximum atomic E-state index is 12.1. The lowest BCUT2D eigenvalue weighted by atomic mass is 10.1. The molecule has 0 radical (unpaired) electrons. The molecule has 0 unspecified atom stereocenters. The van der Waals surface area contributed by atoms with Gasteiger partial charge in [-0.3, -0.25) is 0 Å². The van der Waals surface area contributed by atoms with Gasteiger partial charge in [-0.15, -0.1) is 0 Å². The first-order valence-corrected chi connectivity index (χ1v) is 6.14. The standard InChI is InChI=1S/C12H18F6O2/c1-3-4-5-6-10(20-8-12(16,17)18)9(2)19-7-11(13,14)15/h3-8H2,1-2H3. The van der Waals surface area contributed by atoms with Crippen LogP contribution in [-0.2, 0) is 9.47 Å². The van der Waals surface area contributed by atoms with E-state index in [2.05, 4.69) is 9.47 Å². The third kappa shape index (κ3) is 10.8. The van der Waals surface area contributed by atoms with Crippen LogP contribution < -0.4 is 0 Å². The van der Waals surface area contributed by atoms with Crippen molar-refractivity contribution in [1.29, 1.82) is 0 Å². The van der Waals surface area contributed by atoms with Crippen LogP contribution in [0, 0.1) is 0 Å². The molecule has 0 aliphatic heterocycles. The lowest BCUT2D eigenvalue weighted by Gasteiger charge is -2.17. The van der Waals surface area contributed by atoms with E-state index in [4.69, 9.17) is 0 Å². The molecule has 20 heavy (non-hydrogen) atoms. The van der Waals surface area contributed by atoms with Crippen LogP contribution in [0.4, 0.5) is 26.3 Å². The summed E-state index contributed by atoms with van der Waals surface area (Å²) in [4.78, 5) is 0. The first-order valence-electron chi connectivity index (χ1n) is 6.14. The van der Waals surface area contributed by atoms with E-state index in [9.17, 15) is 26.3 Å². The second-order valence-corrected chi connectivity index (χ2v) is 4.24. The molecule has 0 aliphatic carbocycles. The third-order valence-electron chi connectivity index (χ3n) is 2.26. The topological polar surface area (TPSA) is 18.5 Å². The molecule has 8 heteroatoms. The molecule has 0 aliphatic rings. The van der Waals surface area contributed by atoms with E-state index >= 15 is 0 Å². The fourth-order valence-electron chi connectivity index (χ4n) is 1.32. The summed E-state index contributed by atoms with van der Waals surface area (Å²) in [5.41, 5.74) is 0. The molecule has 0 spiro atoms. The van der Waals surface area contributed by atoms with Gasteiger partial charge in [-0.25, -0.2) is 0 Å². The van der Waals surface area contributed by atoms with Crippen LogP contribution in [0.25, 0.3) is 0 Å². The zero-order valence-corrected chi connectivity index (χ0v) is 11.3. The molecule has 120 valence electrons. The van der Waals surface area contributed by atoms with Crippen molar-refractivity contribution in [2.75, 3.05) is 13.2 Å². The highest BCUT2D eigenvalue weighted by Crippen LogP contribution is 2.23. The number of alkyl halides is 6. The van der Waals surface area contributed by atoms with Gasteiger partial charge in [-0.1, -0.05) is 19.8 Å². The predicted molar refractivity (Wildman–Crippen MR) is 60.9 cm³/mol. The number of ether oxygens (including phenoxy) is 2. The smallest absolute Gasteiger partial charge is 0.422 e. The summed E-state index contributed by atoms with van der Waals surface area (Å²) >= 11 is 0. The Labute approximate surface area is 113 Å². The summed E-state index contributed by atoms with van der Waals surface area (Å²) < 4.78 is 81.2. The average molecular weight is 308 g/mol. The lowest BCUT2D eigenvalue weighted by Crippen LogP contribution is -2.19. The van der Waals surface area contributed by atoms with Crippen molar-refractivity contribution in [1.82, 2.24) is 0 Å². The molecule has 0 atom stereocenters. The number of hydrogen-bond donors (Lipinski definition) is 0. The molecule has 0 heterocycles. The minimum atomic E-state index is -4.54. The van der Waals surface area contributed by atoms with E-state index in [-0.39, 0.29) is 17.9 Å². The van der Waals surface area contributed by atoms with Gasteiger partial charge in [0, 0.05) is 6.42 Å². The molecule has 0 bridgehead atoms. The number of allylic oxidation sites excluding steroid dienone is 2. The molecule has 0 amide bonds. The Morgan fingerprint density at radius 2 is 1.35 bits per heavy atom. The Hall–Kier alpha value is -1.08. The Morgan fingerprint density at radius 3 is 1.80 bits per heavy atom. The second-order valence-electron chi connectivity index (χ2n) is 4.24. The first kappa shape index (κ1) is 18.9. The predicted octanol–water partition coefficient (Wildman–Crippen LogP) is 4.96. The van der Waals surface area contributed by atoms with Gasteiger partial charge >= 0.3 is 12.4 Å². The first-order chi connectivity index (χ1) is 9.05. The van der Waals surface area contributed by atoms with Crippen molar-refractivity contribution < 1.29 is 35.8 Å². The quantitative estimate of drug-likeness (QED) is 0.358. The van der Waals surface area contributed by atoms with E-state index in [1.165, 1.54) is 6.92 Å². The molecular weight excluding hydrogens is 290 g/mol. The van der Waals surface area contributed by atoms with E-state index in [1.54, 1.807) is 0 Å². The molecule has 0 saturated heterocycles. The van der Waals surface area contributed by atoms with E-state index < -0.39 is 25.6 Å². The van der Waals surface area contributed by atoms with Gasteiger partial charge in [-0.05, 0) is 13.3 Å². The molecule has 0 saturated carbocycles. The van der Waals surface area contributed by atoms with Gasteiger partial charge in [-0.2, -0.15) is 26.3 Å². The molecule has 0 aromatic carbocycles. The van der Waals surface area contributed by atoms with Gasteiger partial charge in [0.15, 0.2) is 13.2 Å². The molecule has 2 nitrogen and oxygen atoms in total. The highest BCUT2D eigenvalue weighted by Gasteiger charge is 2.31. The van der Waals surface area contributed by atoms with E-state index in [0.29, 0.717) is 6.42 Å². The van der Waals surface area contributed by atoms with Crippen molar-refractivity contribution in [2.45, 2.75) is 51.9 Å². The van der Waals surface area contributed by atoms with Crippen molar-refractivity contribution in [3.8, 4) is 0 Å². The monoisotopic (exact) mass is 308 g/mol. The molecular formula is C12H18F6O2. The Kier molecular flexibility index (Phi) is 7.82. The van der Waals surface area contributed by atoms with E-state index in [0.717, 1.165) is 12.8 Å². The molecule has 0 rings (SSSR count). The summed E-state index contributed by atoms with van der Waals surface area (Å²) in [6.07, 6.45) is -6.87. The maximum Gasteiger partial charge on any atom is 0.422 e. The van der Waals surface area contributed by atoms with Crippen LogP contribution >= 0.6 is 0 Å². The second kappa shape index (κ2) is 8.26. The van der Waals surface area contributed by atoms with Crippen molar-refractivity contribution >= 4 is 0 Å². The van der Waals surface area contributed by atoms with Gasteiger partial charge in [0.1, 0.15) is 11.5 Å². The molecule has 0 N–H and O–H groups in total. The van der Waals surface area contributed by atoms with Crippen LogP contribution in [0.1, 0.15) is 39.5 Å². The summed E-state index contributed by atoms with van der Waals surface area (Å²) in [6.45, 7) is -0.0248. The summed E-state index contributed by atoms with van der Waals surface area (Å²) in [7, 11) is 0. The summed E-state index contributed by atoms with van der Waals surface area (Å²) in [6, 6.07) is 0. The summed E-state index contributed by atoms with van der Waals surface area (Å²) in [5.74, 6) is -0.442. The molecule has 0 fully saturated rings. The van der Waals surface area contributed by atoms with Crippen LogP contribution in [0.5, 0.6) is 0 Å². The van der Waals surface area contributed by atoms with Gasteiger partial charge in [0.05, 0.1) is 0 Å². The van der Waals surface area contributed by atoms with Gasteiger partial charge in [0.25, 0.3) is 0 Å². The van der Waals surface area contributed by atoms with Crippen LogP contribution in [0.3, 0.4) is 0 Å². The van der Waals surface area contributed by atoms with E-state index in [1.807, 2.05) is 6.92 Å². The fraction of sp³-hybridized carbons (Fsp3) is 0.833. The Balaban J connectivity index is 4.61. The number of halogens is 6. The van der Waals surface area contributed by atoms with Crippen molar-refractivity contribution in [3.63, 3.8) is 0 Å². The average Bonchev–Trinajstić information content (AvgIpc) is 2.28. The zero-order chi connectivity index (χ0) is 15.8. The van der Waals surface area contributed by atoms with Crippen LogP contribution in [0.2, 0.25) is 0 Å². The van der Waals surface area contributed by atoms with Gasteiger partial charge < -0.3 is 9.47 Å². The number of hydrogen-bond acceptors (Lipinski definition) is 2. The molecule has 0 aromatic rings. The summed E-state index contributed by atoms with van der Waals surface area (Å²) in [5, 5.41) is 0. The van der Waals surface area contributed by atoms with Gasteiger partial charge in [0.2, 0.25) is 0 Å². The Bertz CT molecular complexity index is 306. The molecule has 0 aromatic heterocycles. The van der Waals surface area contributed by atoms with Crippen LogP contribution in [-0.4, -0.2) is 25.6 Å². The van der Waals surface area contributed by atoms with Crippen molar-refractivity contribution in [2.24, 2.45) is 0 Å². The third-order valence-corrected chi connectivity index (χ3v) is 2.26.